The molecule has 0 aromatic rings. The van der Waals surface area contributed by atoms with Crippen molar-refractivity contribution in [3.05, 3.63) is 0 Å². The Bertz CT molecular complexity index is 408. The molecule has 0 saturated heterocycles. The van der Waals surface area contributed by atoms with Crippen molar-refractivity contribution in [2.24, 2.45) is 5.92 Å². The van der Waals surface area contributed by atoms with Crippen LogP contribution in [-0.4, -0.2) is 69.2 Å². The molecule has 0 N–H and O–H groups in total. The van der Waals surface area contributed by atoms with Gasteiger partial charge in [-0.05, 0) is 33.6 Å². The van der Waals surface area contributed by atoms with E-state index in [4.69, 9.17) is 18.9 Å². The lowest BCUT2D eigenvalue weighted by atomic mass is 10.00. The van der Waals surface area contributed by atoms with Crippen LogP contribution in [0.15, 0.2) is 0 Å². The number of hydrogen-bond donors (Lipinski definition) is 0. The molecule has 0 spiro atoms. The Hall–Kier alpha value is -1.34. The van der Waals surface area contributed by atoms with Crippen molar-refractivity contribution < 1.29 is 28.5 Å². The number of esters is 1. The van der Waals surface area contributed by atoms with Crippen LogP contribution in [0.3, 0.4) is 0 Å². The third kappa shape index (κ3) is 14.4. The quantitative estimate of drug-likeness (QED) is 0.333. The summed E-state index contributed by atoms with van der Waals surface area (Å²) in [6.45, 7) is 11.9. The van der Waals surface area contributed by atoms with Gasteiger partial charge in [0.25, 0.3) is 0 Å². The molecule has 0 radical (unpaired) electrons. The number of carbonyl (C=O) groups excluding carboxylic acids is 2. The first-order valence-electron chi connectivity index (χ1n) is 9.97. The van der Waals surface area contributed by atoms with Crippen molar-refractivity contribution in [1.82, 2.24) is 4.90 Å². The van der Waals surface area contributed by atoms with Gasteiger partial charge >= 0.3 is 12.1 Å². The highest BCUT2D eigenvalue weighted by atomic mass is 16.6. The number of hydrogen-bond acceptors (Lipinski definition) is 6. The van der Waals surface area contributed by atoms with E-state index >= 15 is 0 Å². The maximum Gasteiger partial charge on any atom is 0.410 e. The summed E-state index contributed by atoms with van der Waals surface area (Å²) in [4.78, 5) is 25.2. The van der Waals surface area contributed by atoms with E-state index in [9.17, 15) is 9.59 Å². The lowest BCUT2D eigenvalue weighted by Gasteiger charge is -2.24. The Balaban J connectivity index is 3.62. The Morgan fingerprint density at radius 3 is 2.11 bits per heavy atom. The van der Waals surface area contributed by atoms with Gasteiger partial charge in [0.05, 0.1) is 32.3 Å². The Morgan fingerprint density at radius 2 is 1.56 bits per heavy atom. The zero-order valence-electron chi connectivity index (χ0n) is 18.0. The minimum absolute atomic E-state index is 0.00440. The topological polar surface area (TPSA) is 74.3 Å². The molecule has 1 atom stereocenters. The predicted octanol–water partition coefficient (Wildman–Crippen LogP) is 3.65. The average molecular weight is 390 g/mol. The van der Waals surface area contributed by atoms with Gasteiger partial charge in [-0.15, -0.1) is 0 Å². The molecule has 0 bridgehead atoms. The van der Waals surface area contributed by atoms with Gasteiger partial charge in [0.2, 0.25) is 0 Å². The molecular formula is C20H39NO6. The highest BCUT2D eigenvalue weighted by Crippen LogP contribution is 2.14. The lowest BCUT2D eigenvalue weighted by molar-refractivity contribution is -0.150. The average Bonchev–Trinajstić information content (AvgIpc) is 2.59. The molecule has 0 aliphatic heterocycles. The fourth-order valence-corrected chi connectivity index (χ4v) is 2.21. The molecule has 0 saturated carbocycles. The molecule has 0 fully saturated rings. The first kappa shape index (κ1) is 25.7. The van der Waals surface area contributed by atoms with Gasteiger partial charge in [0, 0.05) is 13.6 Å². The van der Waals surface area contributed by atoms with Crippen LogP contribution in [0.1, 0.15) is 60.3 Å². The number of ether oxygens (including phenoxy) is 4. The zero-order valence-corrected chi connectivity index (χ0v) is 18.0. The van der Waals surface area contributed by atoms with Crippen LogP contribution in [0.5, 0.6) is 0 Å². The minimum Gasteiger partial charge on any atom is -0.463 e. The van der Waals surface area contributed by atoms with E-state index in [-0.39, 0.29) is 24.6 Å². The van der Waals surface area contributed by atoms with Crippen molar-refractivity contribution in [3.63, 3.8) is 0 Å². The summed E-state index contributed by atoms with van der Waals surface area (Å²) >= 11 is 0. The molecular weight excluding hydrogens is 350 g/mol. The van der Waals surface area contributed by atoms with Crippen LogP contribution in [0, 0.1) is 5.92 Å². The van der Waals surface area contributed by atoms with Crippen LogP contribution in [0.2, 0.25) is 0 Å². The summed E-state index contributed by atoms with van der Waals surface area (Å²) in [6.07, 6.45) is 3.46. The van der Waals surface area contributed by atoms with Gasteiger partial charge in [-0.2, -0.15) is 0 Å². The zero-order chi connectivity index (χ0) is 20.7. The molecule has 0 heterocycles. The molecule has 0 aliphatic carbocycles. The Kier molecular flexibility index (Phi) is 14.0. The van der Waals surface area contributed by atoms with Crippen LogP contribution < -0.4 is 0 Å². The molecule has 7 heteroatoms. The van der Waals surface area contributed by atoms with Crippen LogP contribution in [-0.2, 0) is 23.7 Å². The monoisotopic (exact) mass is 389 g/mol. The van der Waals surface area contributed by atoms with Crippen molar-refractivity contribution in [1.29, 1.82) is 0 Å². The number of nitrogens with zero attached hydrogens (tertiary/aromatic N) is 1. The number of amides is 1. The molecule has 1 unspecified atom stereocenters. The third-order valence-electron chi connectivity index (χ3n) is 3.85. The van der Waals surface area contributed by atoms with Crippen molar-refractivity contribution in [3.8, 4) is 0 Å². The molecule has 27 heavy (non-hydrogen) atoms. The largest absolute Gasteiger partial charge is 0.463 e. The van der Waals surface area contributed by atoms with Crippen LogP contribution in [0.4, 0.5) is 4.79 Å². The smallest absolute Gasteiger partial charge is 0.410 e. The van der Waals surface area contributed by atoms with E-state index in [1.54, 1.807) is 7.05 Å². The fraction of sp³-hybridized carbons (Fsp3) is 0.900. The van der Waals surface area contributed by atoms with Crippen molar-refractivity contribution in [2.45, 2.75) is 65.9 Å². The summed E-state index contributed by atoms with van der Waals surface area (Å²) in [7, 11) is 1.67. The first-order chi connectivity index (χ1) is 12.7. The van der Waals surface area contributed by atoms with Crippen LogP contribution >= 0.6 is 0 Å². The number of rotatable bonds is 14. The van der Waals surface area contributed by atoms with Gasteiger partial charge < -0.3 is 23.8 Å². The molecule has 1 amide bonds. The molecule has 0 aromatic heterocycles. The van der Waals surface area contributed by atoms with Crippen molar-refractivity contribution in [2.75, 3.05) is 46.6 Å². The molecule has 0 aliphatic rings. The second kappa shape index (κ2) is 14.7. The van der Waals surface area contributed by atoms with Gasteiger partial charge in [-0.1, -0.05) is 26.7 Å². The van der Waals surface area contributed by atoms with Gasteiger partial charge in [0.15, 0.2) is 0 Å². The fourth-order valence-electron chi connectivity index (χ4n) is 2.21. The predicted molar refractivity (Wildman–Crippen MR) is 105 cm³/mol. The summed E-state index contributed by atoms with van der Waals surface area (Å²) < 4.78 is 21.3. The van der Waals surface area contributed by atoms with Gasteiger partial charge in [-0.3, -0.25) is 4.79 Å². The maximum atomic E-state index is 11.9. The number of carbonyl (C=O) groups is 2. The van der Waals surface area contributed by atoms with E-state index in [0.717, 1.165) is 25.7 Å². The van der Waals surface area contributed by atoms with Crippen molar-refractivity contribution >= 4 is 12.1 Å². The lowest BCUT2D eigenvalue weighted by Crippen LogP contribution is -2.36. The number of unbranched alkanes of at least 4 members (excludes halogenated alkanes) is 1. The summed E-state index contributed by atoms with van der Waals surface area (Å²) in [5.41, 5.74) is -0.503. The van der Waals surface area contributed by atoms with Crippen LogP contribution in [0.25, 0.3) is 0 Å². The second-order valence-corrected chi connectivity index (χ2v) is 7.54. The molecule has 0 rings (SSSR count). The Labute approximate surface area is 164 Å². The normalized spacial score (nSPS) is 12.5. The highest BCUT2D eigenvalue weighted by Gasteiger charge is 2.19. The van der Waals surface area contributed by atoms with E-state index < -0.39 is 5.60 Å². The minimum atomic E-state index is -0.503. The Morgan fingerprint density at radius 1 is 0.963 bits per heavy atom. The van der Waals surface area contributed by atoms with E-state index in [2.05, 4.69) is 6.92 Å². The van der Waals surface area contributed by atoms with E-state index in [1.165, 1.54) is 4.90 Å². The van der Waals surface area contributed by atoms with Gasteiger partial charge in [0.1, 0.15) is 12.2 Å². The summed E-state index contributed by atoms with van der Waals surface area (Å²) in [5, 5.41) is 0. The third-order valence-corrected chi connectivity index (χ3v) is 3.85. The number of likely N-dealkylation sites (N-methyl/N-ethyl adjacent to an activating group) is 1. The van der Waals surface area contributed by atoms with E-state index in [1.807, 2.05) is 27.7 Å². The summed E-state index contributed by atoms with van der Waals surface area (Å²) in [5.74, 6) is -0.133. The second-order valence-electron chi connectivity index (χ2n) is 7.54. The highest BCUT2D eigenvalue weighted by molar-refractivity contribution is 5.72. The molecule has 160 valence electrons. The SMILES string of the molecule is CCCCC(CC)C(=O)OCCOCCOCCN(C)C(=O)OC(C)(C)C. The van der Waals surface area contributed by atoms with Gasteiger partial charge in [-0.25, -0.2) is 4.79 Å². The molecule has 0 aromatic carbocycles. The maximum absolute atomic E-state index is 11.9. The summed E-state index contributed by atoms with van der Waals surface area (Å²) in [6, 6.07) is 0. The first-order valence-corrected chi connectivity index (χ1v) is 9.97. The molecule has 7 nitrogen and oxygen atoms in total. The standard InChI is InChI=1S/C20H39NO6/c1-7-9-10-17(8-2)18(22)26-16-15-25-14-13-24-12-11-21(6)19(23)27-20(3,4)5/h17H,7-16H2,1-6H3. The van der Waals surface area contributed by atoms with E-state index in [0.29, 0.717) is 33.0 Å².